The summed E-state index contributed by atoms with van der Waals surface area (Å²) in [5.74, 6) is -0.552. The molecule has 5 N–H and O–H groups in total. The van der Waals surface area contributed by atoms with E-state index in [1.165, 1.54) is 12.1 Å². The van der Waals surface area contributed by atoms with E-state index in [0.29, 0.717) is 0 Å². The molecule has 0 heterocycles. The highest BCUT2D eigenvalue weighted by Gasteiger charge is 2.13. The second-order valence-corrected chi connectivity index (χ2v) is 5.23. The summed E-state index contributed by atoms with van der Waals surface area (Å²) in [5, 5.41) is 0. The summed E-state index contributed by atoms with van der Waals surface area (Å²) in [6, 6.07) is 6.31. The number of amides is 1. The highest BCUT2D eigenvalue weighted by molar-refractivity contribution is 7.89. The number of rotatable bonds is 6. The van der Waals surface area contributed by atoms with Crippen LogP contribution in [0.4, 0.5) is 0 Å². The maximum Gasteiger partial charge on any atom is 0.240 e. The second kappa shape index (κ2) is 5.76. The number of benzene rings is 1. The molecule has 0 fully saturated rings. The Morgan fingerprint density at radius 2 is 2.06 bits per heavy atom. The molecule has 0 bridgehead atoms. The molecule has 0 aliphatic carbocycles. The lowest BCUT2D eigenvalue weighted by Gasteiger charge is -2.06. The zero-order valence-electron chi connectivity index (χ0n) is 9.22. The van der Waals surface area contributed by atoms with E-state index in [2.05, 4.69) is 4.72 Å². The smallest absolute Gasteiger partial charge is 0.240 e. The van der Waals surface area contributed by atoms with Gasteiger partial charge < -0.3 is 11.5 Å². The van der Waals surface area contributed by atoms with Crippen LogP contribution in [0.25, 0.3) is 0 Å². The van der Waals surface area contributed by atoms with Gasteiger partial charge in [-0.2, -0.15) is 0 Å². The van der Waals surface area contributed by atoms with E-state index in [4.69, 9.17) is 11.5 Å². The number of nitrogens with two attached hydrogens (primary N) is 2. The second-order valence-electron chi connectivity index (χ2n) is 3.47. The lowest BCUT2D eigenvalue weighted by molar-refractivity contribution is -0.117. The summed E-state index contributed by atoms with van der Waals surface area (Å²) < 4.78 is 25.8. The minimum atomic E-state index is -3.60. The average molecular weight is 257 g/mol. The van der Waals surface area contributed by atoms with Gasteiger partial charge in [-0.1, -0.05) is 12.1 Å². The molecule has 1 amide bonds. The third kappa shape index (κ3) is 4.14. The van der Waals surface area contributed by atoms with Gasteiger partial charge >= 0.3 is 0 Å². The van der Waals surface area contributed by atoms with Gasteiger partial charge in [0.1, 0.15) is 0 Å². The van der Waals surface area contributed by atoms with Crippen molar-refractivity contribution in [3.05, 3.63) is 29.8 Å². The molecule has 0 aliphatic rings. The first-order valence-electron chi connectivity index (χ1n) is 5.02. The van der Waals surface area contributed by atoms with Crippen molar-refractivity contribution in [1.82, 2.24) is 4.72 Å². The van der Waals surface area contributed by atoms with Crippen LogP contribution in [0.15, 0.2) is 29.2 Å². The number of primary amides is 1. The van der Waals surface area contributed by atoms with Crippen molar-refractivity contribution in [3.8, 4) is 0 Å². The molecule has 17 heavy (non-hydrogen) atoms. The Morgan fingerprint density at radius 3 is 2.65 bits per heavy atom. The van der Waals surface area contributed by atoms with Crippen LogP contribution in [-0.4, -0.2) is 20.9 Å². The molecular formula is C10H15N3O3S. The van der Waals surface area contributed by atoms with E-state index in [1.54, 1.807) is 12.1 Å². The zero-order valence-corrected chi connectivity index (χ0v) is 10.0. The molecule has 0 unspecified atom stereocenters. The first-order chi connectivity index (χ1) is 7.95. The summed E-state index contributed by atoms with van der Waals surface area (Å²) in [6.07, 6.45) is -0.0319. The number of nitrogens with one attached hydrogen (secondary N) is 1. The molecule has 94 valence electrons. The molecule has 1 aromatic carbocycles. The molecule has 0 saturated carbocycles. The average Bonchev–Trinajstić information content (AvgIpc) is 2.28. The quantitative estimate of drug-likeness (QED) is 0.625. The van der Waals surface area contributed by atoms with Crippen LogP contribution in [-0.2, 0) is 21.4 Å². The van der Waals surface area contributed by atoms with Gasteiger partial charge in [0, 0.05) is 19.5 Å². The van der Waals surface area contributed by atoms with Crippen molar-refractivity contribution in [2.45, 2.75) is 17.9 Å². The van der Waals surface area contributed by atoms with E-state index >= 15 is 0 Å². The van der Waals surface area contributed by atoms with Crippen molar-refractivity contribution in [1.29, 1.82) is 0 Å². The SMILES string of the molecule is NCc1cccc(S(=O)(=O)NCCC(N)=O)c1. The largest absolute Gasteiger partial charge is 0.370 e. The van der Waals surface area contributed by atoms with E-state index in [1.807, 2.05) is 0 Å². The topological polar surface area (TPSA) is 115 Å². The number of carbonyl (C=O) groups is 1. The van der Waals surface area contributed by atoms with Gasteiger partial charge in [-0.25, -0.2) is 13.1 Å². The van der Waals surface area contributed by atoms with Crippen molar-refractivity contribution < 1.29 is 13.2 Å². The summed E-state index contributed by atoms with van der Waals surface area (Å²) in [6.45, 7) is 0.259. The van der Waals surface area contributed by atoms with Gasteiger partial charge in [-0.05, 0) is 17.7 Å². The Bertz CT molecular complexity index is 499. The lowest BCUT2D eigenvalue weighted by Crippen LogP contribution is -2.28. The van der Waals surface area contributed by atoms with Gasteiger partial charge in [-0.15, -0.1) is 0 Å². The zero-order chi connectivity index (χ0) is 12.9. The minimum absolute atomic E-state index is 0.00941. The van der Waals surface area contributed by atoms with Crippen LogP contribution >= 0.6 is 0 Å². The molecule has 0 aromatic heterocycles. The van der Waals surface area contributed by atoms with Crippen molar-refractivity contribution in [3.63, 3.8) is 0 Å². The van der Waals surface area contributed by atoms with Crippen LogP contribution in [0, 0.1) is 0 Å². The first-order valence-corrected chi connectivity index (χ1v) is 6.51. The highest BCUT2D eigenvalue weighted by Crippen LogP contribution is 2.10. The Kier molecular flexibility index (Phi) is 4.62. The van der Waals surface area contributed by atoms with Crippen molar-refractivity contribution in [2.75, 3.05) is 6.54 Å². The molecule has 7 heteroatoms. The van der Waals surface area contributed by atoms with Gasteiger partial charge in [0.25, 0.3) is 0 Å². The van der Waals surface area contributed by atoms with Crippen LogP contribution in [0.3, 0.4) is 0 Å². The van der Waals surface area contributed by atoms with E-state index < -0.39 is 15.9 Å². The maximum absolute atomic E-state index is 11.8. The Labute approximate surface area is 100 Å². The molecule has 6 nitrogen and oxygen atoms in total. The normalized spacial score (nSPS) is 11.4. The molecule has 0 aliphatic heterocycles. The van der Waals surface area contributed by atoms with Gasteiger partial charge in [0.05, 0.1) is 4.90 Å². The highest BCUT2D eigenvalue weighted by atomic mass is 32.2. The summed E-state index contributed by atoms with van der Waals surface area (Å²) in [5.41, 5.74) is 11.1. The molecule has 0 spiro atoms. The fourth-order valence-electron chi connectivity index (χ4n) is 1.23. The van der Waals surface area contributed by atoms with E-state index in [9.17, 15) is 13.2 Å². The number of hydrogen-bond donors (Lipinski definition) is 3. The third-order valence-corrected chi connectivity index (χ3v) is 3.57. The molecule has 0 atom stereocenters. The summed E-state index contributed by atoms with van der Waals surface area (Å²) >= 11 is 0. The van der Waals surface area contributed by atoms with E-state index in [-0.39, 0.29) is 24.4 Å². The lowest BCUT2D eigenvalue weighted by atomic mass is 10.2. The van der Waals surface area contributed by atoms with Crippen molar-refractivity contribution in [2.24, 2.45) is 11.5 Å². The number of sulfonamides is 1. The third-order valence-electron chi connectivity index (χ3n) is 2.11. The summed E-state index contributed by atoms with van der Waals surface area (Å²) in [4.78, 5) is 10.6. The summed E-state index contributed by atoms with van der Waals surface area (Å²) in [7, 11) is -3.60. The fraction of sp³-hybridized carbons (Fsp3) is 0.300. The van der Waals surface area contributed by atoms with Crippen molar-refractivity contribution >= 4 is 15.9 Å². The standard InChI is InChI=1S/C10H15N3O3S/c11-7-8-2-1-3-9(6-8)17(15,16)13-5-4-10(12)14/h1-3,6,13H,4-5,7,11H2,(H2,12,14). The van der Waals surface area contributed by atoms with E-state index in [0.717, 1.165) is 5.56 Å². The molecular weight excluding hydrogens is 242 g/mol. The monoisotopic (exact) mass is 257 g/mol. The Morgan fingerprint density at radius 1 is 1.35 bits per heavy atom. The van der Waals surface area contributed by atoms with Crippen LogP contribution in [0.2, 0.25) is 0 Å². The van der Waals surface area contributed by atoms with Gasteiger partial charge in [0.2, 0.25) is 15.9 Å². The molecule has 0 saturated heterocycles. The fourth-order valence-corrected chi connectivity index (χ4v) is 2.33. The van der Waals surface area contributed by atoms with Crippen LogP contribution in [0.5, 0.6) is 0 Å². The molecule has 0 radical (unpaired) electrons. The van der Waals surface area contributed by atoms with Crippen LogP contribution < -0.4 is 16.2 Å². The van der Waals surface area contributed by atoms with Gasteiger partial charge in [-0.3, -0.25) is 4.79 Å². The Balaban J connectivity index is 2.78. The van der Waals surface area contributed by atoms with Crippen LogP contribution in [0.1, 0.15) is 12.0 Å². The number of hydrogen-bond acceptors (Lipinski definition) is 4. The predicted molar refractivity (Wildman–Crippen MR) is 63.3 cm³/mol. The first kappa shape index (κ1) is 13.6. The number of carbonyl (C=O) groups excluding carboxylic acids is 1. The van der Waals surface area contributed by atoms with Gasteiger partial charge in [0.15, 0.2) is 0 Å². The molecule has 1 rings (SSSR count). The minimum Gasteiger partial charge on any atom is -0.370 e. The Hall–Kier alpha value is -1.44. The maximum atomic E-state index is 11.8. The predicted octanol–water partition coefficient (Wildman–Crippen LogP) is -0.701. The molecule has 1 aromatic rings.